The first-order chi connectivity index (χ1) is 14.8. The van der Waals surface area contributed by atoms with E-state index >= 15 is 0 Å². The normalized spacial score (nSPS) is 14.3. The average molecular weight is 403 g/mol. The van der Waals surface area contributed by atoms with Crippen LogP contribution in [0.3, 0.4) is 0 Å². The van der Waals surface area contributed by atoms with Crippen molar-refractivity contribution in [1.29, 1.82) is 0 Å². The number of carbonyl (C=O) groups excluding carboxylic acids is 1. The highest BCUT2D eigenvalue weighted by Crippen LogP contribution is 2.16. The minimum absolute atomic E-state index is 0.130. The van der Waals surface area contributed by atoms with Gasteiger partial charge < -0.3 is 9.64 Å². The number of hydrogen-bond acceptors (Lipinski definition) is 5. The SMILES string of the molecule is O=C(Nc1cnccn1)N1CCN(Cc2ccc(OCc3ccccc3)cc2)CC1. The van der Waals surface area contributed by atoms with Crippen molar-refractivity contribution in [2.24, 2.45) is 0 Å². The number of nitrogens with one attached hydrogen (secondary N) is 1. The van der Waals surface area contributed by atoms with Gasteiger partial charge in [-0.25, -0.2) is 9.78 Å². The van der Waals surface area contributed by atoms with Gasteiger partial charge in [-0.2, -0.15) is 0 Å². The third-order valence-electron chi connectivity index (χ3n) is 5.04. The molecule has 1 fully saturated rings. The van der Waals surface area contributed by atoms with Crippen LogP contribution in [0.5, 0.6) is 5.75 Å². The minimum Gasteiger partial charge on any atom is -0.489 e. The highest BCUT2D eigenvalue weighted by atomic mass is 16.5. The van der Waals surface area contributed by atoms with Gasteiger partial charge in [-0.3, -0.25) is 15.2 Å². The summed E-state index contributed by atoms with van der Waals surface area (Å²) in [5.41, 5.74) is 2.39. The fourth-order valence-corrected chi connectivity index (χ4v) is 3.35. The van der Waals surface area contributed by atoms with Crippen LogP contribution in [0.2, 0.25) is 0 Å². The Morgan fingerprint density at radius 1 is 0.933 bits per heavy atom. The zero-order valence-electron chi connectivity index (χ0n) is 16.8. The van der Waals surface area contributed by atoms with E-state index in [0.717, 1.165) is 30.9 Å². The van der Waals surface area contributed by atoms with E-state index in [-0.39, 0.29) is 6.03 Å². The fourth-order valence-electron chi connectivity index (χ4n) is 3.35. The number of carbonyl (C=O) groups is 1. The van der Waals surface area contributed by atoms with Crippen LogP contribution < -0.4 is 10.1 Å². The van der Waals surface area contributed by atoms with Crippen LogP contribution >= 0.6 is 0 Å². The number of rotatable bonds is 6. The van der Waals surface area contributed by atoms with Crippen LogP contribution in [-0.2, 0) is 13.2 Å². The van der Waals surface area contributed by atoms with Gasteiger partial charge in [0.1, 0.15) is 12.4 Å². The van der Waals surface area contributed by atoms with Crippen molar-refractivity contribution in [2.45, 2.75) is 13.2 Å². The largest absolute Gasteiger partial charge is 0.489 e. The van der Waals surface area contributed by atoms with Crippen molar-refractivity contribution in [2.75, 3.05) is 31.5 Å². The summed E-state index contributed by atoms with van der Waals surface area (Å²) in [6.45, 7) is 4.46. The summed E-state index contributed by atoms with van der Waals surface area (Å²) in [5.74, 6) is 1.34. The lowest BCUT2D eigenvalue weighted by atomic mass is 10.2. The molecule has 1 N–H and O–H groups in total. The van der Waals surface area contributed by atoms with E-state index in [4.69, 9.17) is 4.74 Å². The molecule has 30 heavy (non-hydrogen) atoms. The molecule has 1 aliphatic rings. The number of nitrogens with zero attached hydrogens (tertiary/aromatic N) is 4. The van der Waals surface area contributed by atoms with Crippen molar-refractivity contribution in [3.8, 4) is 5.75 Å². The van der Waals surface area contributed by atoms with E-state index in [1.54, 1.807) is 18.6 Å². The zero-order chi connectivity index (χ0) is 20.6. The van der Waals surface area contributed by atoms with Crippen LogP contribution in [0.1, 0.15) is 11.1 Å². The summed E-state index contributed by atoms with van der Waals surface area (Å²) in [5, 5.41) is 2.79. The van der Waals surface area contributed by atoms with Gasteiger partial charge in [-0.05, 0) is 23.3 Å². The average Bonchev–Trinajstić information content (AvgIpc) is 2.80. The Kier molecular flexibility index (Phi) is 6.51. The van der Waals surface area contributed by atoms with Gasteiger partial charge in [0.15, 0.2) is 5.82 Å². The van der Waals surface area contributed by atoms with E-state index in [0.29, 0.717) is 25.5 Å². The second-order valence-electron chi connectivity index (χ2n) is 7.20. The zero-order valence-corrected chi connectivity index (χ0v) is 16.8. The summed E-state index contributed by atoms with van der Waals surface area (Å²) in [4.78, 5) is 24.6. The van der Waals surface area contributed by atoms with Crippen molar-refractivity contribution in [1.82, 2.24) is 19.8 Å². The maximum atomic E-state index is 12.3. The molecule has 7 nitrogen and oxygen atoms in total. The molecule has 0 bridgehead atoms. The van der Waals surface area contributed by atoms with Gasteiger partial charge in [0.05, 0.1) is 6.20 Å². The van der Waals surface area contributed by atoms with Crippen LogP contribution in [0.4, 0.5) is 10.6 Å². The highest BCUT2D eigenvalue weighted by molar-refractivity contribution is 5.88. The summed E-state index contributed by atoms with van der Waals surface area (Å²) in [7, 11) is 0. The third-order valence-corrected chi connectivity index (χ3v) is 5.04. The summed E-state index contributed by atoms with van der Waals surface area (Å²) >= 11 is 0. The topological polar surface area (TPSA) is 70.6 Å². The molecule has 2 amide bonds. The number of piperazine rings is 1. The van der Waals surface area contributed by atoms with Crippen LogP contribution in [0.25, 0.3) is 0 Å². The van der Waals surface area contributed by atoms with Crippen molar-refractivity contribution in [3.63, 3.8) is 0 Å². The minimum atomic E-state index is -0.130. The molecule has 4 rings (SSSR count). The second-order valence-corrected chi connectivity index (χ2v) is 7.20. The molecule has 1 aromatic heterocycles. The van der Waals surface area contributed by atoms with Gasteiger partial charge >= 0.3 is 6.03 Å². The Bertz CT molecular complexity index is 927. The van der Waals surface area contributed by atoms with Gasteiger partial charge in [0, 0.05) is 45.1 Å². The van der Waals surface area contributed by atoms with Crippen LogP contribution in [-0.4, -0.2) is 52.0 Å². The molecule has 3 aromatic rings. The van der Waals surface area contributed by atoms with Crippen molar-refractivity contribution in [3.05, 3.63) is 84.3 Å². The van der Waals surface area contributed by atoms with E-state index in [9.17, 15) is 4.79 Å². The molecule has 154 valence electrons. The van der Waals surface area contributed by atoms with E-state index < -0.39 is 0 Å². The molecular formula is C23H25N5O2. The number of amides is 2. The molecule has 0 atom stereocenters. The Balaban J connectivity index is 1.21. The first-order valence-electron chi connectivity index (χ1n) is 10.1. The van der Waals surface area contributed by atoms with E-state index in [2.05, 4.69) is 44.5 Å². The van der Waals surface area contributed by atoms with Gasteiger partial charge in [-0.1, -0.05) is 42.5 Å². The number of benzene rings is 2. The molecule has 7 heteroatoms. The quantitative estimate of drug-likeness (QED) is 0.683. The van der Waals surface area contributed by atoms with Crippen LogP contribution in [0, 0.1) is 0 Å². The summed E-state index contributed by atoms with van der Waals surface area (Å²) in [6.07, 6.45) is 4.68. The monoisotopic (exact) mass is 403 g/mol. The van der Waals surface area contributed by atoms with Crippen molar-refractivity contribution < 1.29 is 9.53 Å². The molecule has 0 spiro atoms. The maximum absolute atomic E-state index is 12.3. The lowest BCUT2D eigenvalue weighted by Gasteiger charge is -2.34. The Morgan fingerprint density at radius 3 is 2.40 bits per heavy atom. The number of hydrogen-bond donors (Lipinski definition) is 1. The maximum Gasteiger partial charge on any atom is 0.323 e. The summed E-state index contributed by atoms with van der Waals surface area (Å²) < 4.78 is 5.85. The lowest BCUT2D eigenvalue weighted by molar-refractivity contribution is 0.143. The molecule has 0 unspecified atom stereocenters. The molecular weight excluding hydrogens is 378 g/mol. The summed E-state index contributed by atoms with van der Waals surface area (Å²) in [6, 6.07) is 18.3. The molecule has 0 saturated carbocycles. The third kappa shape index (κ3) is 5.55. The molecule has 1 saturated heterocycles. The molecule has 0 radical (unpaired) electrons. The standard InChI is InChI=1S/C23H25N5O2/c29-23(26-22-16-24-10-11-25-22)28-14-12-27(13-15-28)17-19-6-8-21(9-7-19)30-18-20-4-2-1-3-5-20/h1-11,16H,12-15,17-18H2,(H,25,26,29). The van der Waals surface area contributed by atoms with E-state index in [1.165, 1.54) is 5.56 Å². The Labute approximate surface area is 176 Å². The Morgan fingerprint density at radius 2 is 1.70 bits per heavy atom. The van der Waals surface area contributed by atoms with Gasteiger partial charge in [-0.15, -0.1) is 0 Å². The van der Waals surface area contributed by atoms with Crippen molar-refractivity contribution >= 4 is 11.8 Å². The second kappa shape index (κ2) is 9.84. The number of aromatic nitrogens is 2. The highest BCUT2D eigenvalue weighted by Gasteiger charge is 2.21. The predicted octanol–water partition coefficient (Wildman–Crippen LogP) is 3.41. The number of urea groups is 1. The lowest BCUT2D eigenvalue weighted by Crippen LogP contribution is -2.49. The molecule has 0 aliphatic carbocycles. The first kappa shape index (κ1) is 19.8. The predicted molar refractivity (Wildman–Crippen MR) is 115 cm³/mol. The molecule has 2 heterocycles. The smallest absolute Gasteiger partial charge is 0.323 e. The number of ether oxygens (including phenoxy) is 1. The first-order valence-corrected chi connectivity index (χ1v) is 10.1. The molecule has 2 aromatic carbocycles. The fraction of sp³-hybridized carbons (Fsp3) is 0.261. The van der Waals surface area contributed by atoms with E-state index in [1.807, 2.05) is 35.2 Å². The Hall–Kier alpha value is -3.45. The number of anilines is 1. The molecule has 1 aliphatic heterocycles. The van der Waals surface area contributed by atoms with Crippen LogP contribution in [0.15, 0.2) is 73.2 Å². The van der Waals surface area contributed by atoms with Gasteiger partial charge in [0.25, 0.3) is 0 Å². The van der Waals surface area contributed by atoms with Gasteiger partial charge in [0.2, 0.25) is 0 Å².